The molecule has 0 radical (unpaired) electrons. The summed E-state index contributed by atoms with van der Waals surface area (Å²) in [6, 6.07) is 2.61. The van der Waals surface area contributed by atoms with Gasteiger partial charge in [0.05, 0.1) is 0 Å². The quantitative estimate of drug-likeness (QED) is 0.479. The van der Waals surface area contributed by atoms with Crippen LogP contribution in [0, 0.1) is 5.82 Å². The van der Waals surface area contributed by atoms with Gasteiger partial charge in [-0.25, -0.2) is 4.39 Å². The largest absolute Gasteiger partial charge is 0.432 e. The zero-order valence-corrected chi connectivity index (χ0v) is 5.24. The molecule has 1 rings (SSSR count). The van der Waals surface area contributed by atoms with E-state index in [2.05, 4.69) is 4.98 Å². The molecular weight excluding hydrogens is 136 g/mol. The molecule has 1 aromatic rings. The third kappa shape index (κ3) is 5.21. The average Bonchev–Trinajstić information content (AvgIpc) is 1.91. The van der Waals surface area contributed by atoms with Crippen molar-refractivity contribution in [3.63, 3.8) is 0 Å². The fourth-order valence-corrected chi connectivity index (χ4v) is 0.334. The topological polar surface area (TPSA) is 53.4 Å². The number of hydrogen-bond acceptors (Lipinski definition) is 3. The van der Waals surface area contributed by atoms with Crippen molar-refractivity contribution in [2.75, 3.05) is 0 Å². The van der Waals surface area contributed by atoms with E-state index in [0.717, 1.165) is 0 Å². The van der Waals surface area contributed by atoms with Gasteiger partial charge in [-0.3, -0.25) is 4.98 Å². The van der Waals surface area contributed by atoms with Gasteiger partial charge in [0, 0.05) is 12.4 Å². The summed E-state index contributed by atoms with van der Waals surface area (Å²) in [6.07, 6.45) is 2.82. The van der Waals surface area contributed by atoms with E-state index in [0.29, 0.717) is 0 Å². The van der Waals surface area contributed by atoms with Crippen LogP contribution in [0.15, 0.2) is 24.5 Å². The summed E-state index contributed by atoms with van der Waals surface area (Å²) in [5.74, 6) is -0.241. The second-order valence-corrected chi connectivity index (χ2v) is 1.31. The molecule has 0 aliphatic carbocycles. The van der Waals surface area contributed by atoms with Gasteiger partial charge in [0.15, 0.2) is 0 Å². The molecule has 0 saturated carbocycles. The molecular formula is C5H7BFNO2. The summed E-state index contributed by atoms with van der Waals surface area (Å²) in [6.45, 7) is 0. The summed E-state index contributed by atoms with van der Waals surface area (Å²) < 4.78 is 11.9. The molecule has 0 fully saturated rings. The van der Waals surface area contributed by atoms with E-state index in [-0.39, 0.29) is 5.82 Å². The van der Waals surface area contributed by atoms with Gasteiger partial charge in [-0.1, -0.05) is 0 Å². The Hall–Kier alpha value is -0.935. The molecule has 0 aliphatic rings. The van der Waals surface area contributed by atoms with Gasteiger partial charge in [-0.05, 0) is 12.1 Å². The molecule has 0 saturated heterocycles. The minimum absolute atomic E-state index is 0.241. The molecule has 0 atom stereocenters. The lowest BCUT2D eigenvalue weighted by Crippen LogP contribution is -1.75. The molecule has 1 aromatic heterocycles. The van der Waals surface area contributed by atoms with E-state index in [9.17, 15) is 4.39 Å². The van der Waals surface area contributed by atoms with Gasteiger partial charge in [-0.15, -0.1) is 0 Å². The highest BCUT2D eigenvalue weighted by Gasteiger charge is 1.78. The van der Waals surface area contributed by atoms with Crippen molar-refractivity contribution >= 4 is 7.69 Å². The fraction of sp³-hybridized carbons (Fsp3) is 0. The molecule has 5 heteroatoms. The Kier molecular flexibility index (Phi) is 5.61. The van der Waals surface area contributed by atoms with Gasteiger partial charge in [0.25, 0.3) is 0 Å². The Morgan fingerprint density at radius 1 is 1.30 bits per heavy atom. The SMILES string of the molecule is Fc1ccncc1.OBO. The number of rotatable bonds is 0. The number of halogens is 1. The summed E-state index contributed by atoms with van der Waals surface area (Å²) in [4.78, 5) is 3.61. The fourth-order valence-electron chi connectivity index (χ4n) is 0.334. The number of hydrogen-bond donors (Lipinski definition) is 2. The zero-order chi connectivity index (χ0) is 7.82. The molecule has 0 bridgehead atoms. The van der Waals surface area contributed by atoms with Crippen LogP contribution in [0.25, 0.3) is 0 Å². The number of aromatic nitrogens is 1. The predicted octanol–water partition coefficient (Wildman–Crippen LogP) is -0.542. The highest BCUT2D eigenvalue weighted by molar-refractivity contribution is 6.13. The van der Waals surface area contributed by atoms with E-state index in [4.69, 9.17) is 10.0 Å². The van der Waals surface area contributed by atoms with Crippen molar-refractivity contribution in [2.24, 2.45) is 0 Å². The van der Waals surface area contributed by atoms with Crippen LogP contribution in [-0.4, -0.2) is 22.7 Å². The van der Waals surface area contributed by atoms with Crippen LogP contribution in [0.5, 0.6) is 0 Å². The summed E-state index contributed by atoms with van der Waals surface area (Å²) in [5, 5.41) is 14.2. The molecule has 10 heavy (non-hydrogen) atoms. The van der Waals surface area contributed by atoms with Crippen LogP contribution >= 0.6 is 0 Å². The van der Waals surface area contributed by atoms with Crippen molar-refractivity contribution in [2.45, 2.75) is 0 Å². The third-order valence-electron chi connectivity index (χ3n) is 0.640. The zero-order valence-electron chi connectivity index (χ0n) is 5.24. The molecule has 2 N–H and O–H groups in total. The van der Waals surface area contributed by atoms with E-state index in [1.165, 1.54) is 24.5 Å². The lowest BCUT2D eigenvalue weighted by Gasteiger charge is -1.78. The van der Waals surface area contributed by atoms with Crippen molar-refractivity contribution in [1.82, 2.24) is 4.98 Å². The van der Waals surface area contributed by atoms with Gasteiger partial charge >= 0.3 is 7.69 Å². The Bertz CT molecular complexity index is 161. The monoisotopic (exact) mass is 143 g/mol. The molecule has 0 aromatic carbocycles. The molecule has 0 unspecified atom stereocenters. The second kappa shape index (κ2) is 6.19. The normalized spacial score (nSPS) is 7.50. The molecule has 3 nitrogen and oxygen atoms in total. The first-order valence-corrected chi connectivity index (χ1v) is 2.58. The van der Waals surface area contributed by atoms with E-state index >= 15 is 0 Å². The van der Waals surface area contributed by atoms with Crippen LogP contribution in [0.4, 0.5) is 4.39 Å². The first-order valence-electron chi connectivity index (χ1n) is 2.58. The standard InChI is InChI=1S/C5H4FN.BH3O2/c6-5-1-3-7-4-2-5;2-1-3/h1-4H;1-3H. The maximum absolute atomic E-state index is 11.9. The van der Waals surface area contributed by atoms with E-state index < -0.39 is 7.69 Å². The lowest BCUT2D eigenvalue weighted by atomic mass is 10.5. The van der Waals surface area contributed by atoms with Crippen molar-refractivity contribution in [3.05, 3.63) is 30.3 Å². The second-order valence-electron chi connectivity index (χ2n) is 1.31. The Labute approximate surface area is 58.5 Å². The highest BCUT2D eigenvalue weighted by atomic mass is 19.1. The maximum Gasteiger partial charge on any atom is 0.432 e. The summed E-state index contributed by atoms with van der Waals surface area (Å²) >= 11 is 0. The minimum atomic E-state index is -0.750. The number of nitrogens with zero attached hydrogens (tertiary/aromatic N) is 1. The highest BCUT2D eigenvalue weighted by Crippen LogP contribution is 1.88. The smallest absolute Gasteiger partial charge is 0.430 e. The molecule has 1 heterocycles. The van der Waals surface area contributed by atoms with Crippen LogP contribution in [0.2, 0.25) is 0 Å². The predicted molar refractivity (Wildman–Crippen MR) is 35.8 cm³/mol. The van der Waals surface area contributed by atoms with Crippen molar-refractivity contribution in [3.8, 4) is 0 Å². The Morgan fingerprint density at radius 3 is 1.90 bits per heavy atom. The van der Waals surface area contributed by atoms with Gasteiger partial charge in [-0.2, -0.15) is 0 Å². The average molecular weight is 143 g/mol. The van der Waals surface area contributed by atoms with Crippen molar-refractivity contribution in [1.29, 1.82) is 0 Å². The Morgan fingerprint density at radius 2 is 1.70 bits per heavy atom. The van der Waals surface area contributed by atoms with Crippen LogP contribution in [0.1, 0.15) is 0 Å². The summed E-state index contributed by atoms with van der Waals surface area (Å²) in [7, 11) is -0.750. The van der Waals surface area contributed by atoms with Crippen molar-refractivity contribution < 1.29 is 14.4 Å². The van der Waals surface area contributed by atoms with Crippen LogP contribution in [0.3, 0.4) is 0 Å². The molecule has 0 aliphatic heterocycles. The van der Waals surface area contributed by atoms with E-state index in [1.807, 2.05) is 0 Å². The van der Waals surface area contributed by atoms with Gasteiger partial charge in [0.1, 0.15) is 5.82 Å². The van der Waals surface area contributed by atoms with Gasteiger partial charge < -0.3 is 10.0 Å². The van der Waals surface area contributed by atoms with E-state index in [1.54, 1.807) is 0 Å². The Balaban J connectivity index is 0.000000236. The molecule has 54 valence electrons. The first kappa shape index (κ1) is 9.06. The number of pyridine rings is 1. The molecule has 0 amide bonds. The molecule has 0 spiro atoms. The van der Waals surface area contributed by atoms with Gasteiger partial charge in [0.2, 0.25) is 0 Å². The first-order chi connectivity index (χ1) is 4.81. The lowest BCUT2D eigenvalue weighted by molar-refractivity contribution is 0.448. The summed E-state index contributed by atoms with van der Waals surface area (Å²) in [5.41, 5.74) is 0. The minimum Gasteiger partial charge on any atom is -0.430 e. The maximum atomic E-state index is 11.9. The van der Waals surface area contributed by atoms with Crippen LogP contribution < -0.4 is 0 Å². The third-order valence-corrected chi connectivity index (χ3v) is 0.640. The van der Waals surface area contributed by atoms with Crippen LogP contribution in [-0.2, 0) is 0 Å².